The molecule has 1 aromatic heterocycles. The minimum atomic E-state index is -0.673. The van der Waals surface area contributed by atoms with Crippen molar-refractivity contribution in [2.75, 3.05) is 11.9 Å². The number of amides is 1. The van der Waals surface area contributed by atoms with Gasteiger partial charge >= 0.3 is 5.97 Å². The van der Waals surface area contributed by atoms with Crippen LogP contribution in [-0.2, 0) is 4.74 Å². The molecule has 0 aliphatic carbocycles. The zero-order chi connectivity index (χ0) is 19.2. The van der Waals surface area contributed by atoms with Crippen LogP contribution in [0.5, 0.6) is 0 Å². The minimum Gasteiger partial charge on any atom is -0.462 e. The highest BCUT2D eigenvalue weighted by atomic mass is 16.5. The van der Waals surface area contributed by atoms with E-state index in [-0.39, 0.29) is 18.0 Å². The van der Waals surface area contributed by atoms with Crippen molar-refractivity contribution in [1.82, 2.24) is 9.78 Å². The number of rotatable bonds is 5. The molecule has 0 saturated heterocycles. The van der Waals surface area contributed by atoms with Crippen LogP contribution in [0, 0.1) is 0 Å². The minimum absolute atomic E-state index is 0.00501. The van der Waals surface area contributed by atoms with Crippen LogP contribution >= 0.6 is 0 Å². The molecule has 0 unspecified atom stereocenters. The highest BCUT2D eigenvalue weighted by molar-refractivity contribution is 6.09. The van der Waals surface area contributed by atoms with Gasteiger partial charge in [0.1, 0.15) is 5.56 Å². The van der Waals surface area contributed by atoms with Crippen molar-refractivity contribution >= 4 is 23.6 Å². The molecular formula is C20H17N3O4. The summed E-state index contributed by atoms with van der Waals surface area (Å²) in [5.41, 5.74) is 0.754. The maximum atomic E-state index is 12.8. The first-order valence-electron chi connectivity index (χ1n) is 8.33. The zero-order valence-corrected chi connectivity index (χ0v) is 14.6. The van der Waals surface area contributed by atoms with Crippen molar-refractivity contribution in [3.8, 4) is 0 Å². The molecule has 3 aromatic rings. The molecule has 0 radical (unpaired) electrons. The number of esters is 1. The molecule has 0 saturated carbocycles. The Labute approximate surface area is 155 Å². The second kappa shape index (κ2) is 8.09. The molecule has 7 nitrogen and oxygen atoms in total. The number of carbonyl (C=O) groups is 3. The molecule has 7 heteroatoms. The lowest BCUT2D eigenvalue weighted by Gasteiger charge is -2.10. The smallest absolute Gasteiger partial charge is 0.343 e. The fourth-order valence-corrected chi connectivity index (χ4v) is 2.45. The van der Waals surface area contributed by atoms with E-state index in [0.717, 1.165) is 4.68 Å². The standard InChI is InChI=1S/C20H17N3O4/c1-2-27-20(26)16-13-21-23(19(25)15-11-7-4-8-12-15)17(16)22-18(24)14-9-5-3-6-10-14/h3-13H,2H2,1H3,(H,22,24). The van der Waals surface area contributed by atoms with E-state index >= 15 is 0 Å². The van der Waals surface area contributed by atoms with E-state index in [4.69, 9.17) is 4.74 Å². The summed E-state index contributed by atoms with van der Waals surface area (Å²) in [4.78, 5) is 37.5. The van der Waals surface area contributed by atoms with E-state index in [2.05, 4.69) is 10.4 Å². The number of nitrogens with zero attached hydrogens (tertiary/aromatic N) is 2. The Balaban J connectivity index is 2.00. The van der Waals surface area contributed by atoms with Crippen LogP contribution in [0.2, 0.25) is 0 Å². The molecule has 0 bridgehead atoms. The van der Waals surface area contributed by atoms with Gasteiger partial charge in [-0.1, -0.05) is 36.4 Å². The fourth-order valence-electron chi connectivity index (χ4n) is 2.45. The highest BCUT2D eigenvalue weighted by Gasteiger charge is 2.24. The van der Waals surface area contributed by atoms with Crippen molar-refractivity contribution in [1.29, 1.82) is 0 Å². The molecule has 0 atom stereocenters. The molecular weight excluding hydrogens is 346 g/mol. The summed E-state index contributed by atoms with van der Waals surface area (Å²) in [5, 5.41) is 6.60. The van der Waals surface area contributed by atoms with E-state index in [1.165, 1.54) is 6.20 Å². The molecule has 27 heavy (non-hydrogen) atoms. The Morgan fingerprint density at radius 2 is 1.56 bits per heavy atom. The Morgan fingerprint density at radius 3 is 2.15 bits per heavy atom. The Kier molecular flexibility index (Phi) is 5.41. The van der Waals surface area contributed by atoms with Gasteiger partial charge in [0.15, 0.2) is 5.82 Å². The van der Waals surface area contributed by atoms with Gasteiger partial charge in [-0.05, 0) is 31.2 Å². The van der Waals surface area contributed by atoms with Crippen LogP contribution in [0.3, 0.4) is 0 Å². The Morgan fingerprint density at radius 1 is 0.963 bits per heavy atom. The van der Waals surface area contributed by atoms with Crippen LogP contribution in [0.4, 0.5) is 5.82 Å². The highest BCUT2D eigenvalue weighted by Crippen LogP contribution is 2.19. The molecule has 0 fully saturated rings. The summed E-state index contributed by atoms with van der Waals surface area (Å²) in [6, 6.07) is 16.9. The maximum absolute atomic E-state index is 12.8. The van der Waals surface area contributed by atoms with Gasteiger partial charge in [0.2, 0.25) is 0 Å². The van der Waals surface area contributed by atoms with E-state index in [1.54, 1.807) is 67.6 Å². The molecule has 3 rings (SSSR count). The molecule has 1 amide bonds. The van der Waals surface area contributed by atoms with E-state index in [1.807, 2.05) is 0 Å². The number of aromatic nitrogens is 2. The first kappa shape index (κ1) is 18.1. The van der Waals surface area contributed by atoms with Crippen LogP contribution in [0.15, 0.2) is 66.9 Å². The number of carbonyl (C=O) groups excluding carboxylic acids is 3. The van der Waals surface area contributed by atoms with Crippen molar-refractivity contribution < 1.29 is 19.1 Å². The lowest BCUT2D eigenvalue weighted by molar-refractivity contribution is 0.0527. The molecule has 136 valence electrons. The molecule has 0 spiro atoms. The molecule has 0 aliphatic rings. The van der Waals surface area contributed by atoms with Gasteiger partial charge in [0.25, 0.3) is 11.8 Å². The van der Waals surface area contributed by atoms with E-state index < -0.39 is 17.8 Å². The summed E-state index contributed by atoms with van der Waals surface area (Å²) in [6.45, 7) is 1.82. The fraction of sp³-hybridized carbons (Fsp3) is 0.100. The quantitative estimate of drug-likeness (QED) is 0.704. The lowest BCUT2D eigenvalue weighted by atomic mass is 10.2. The first-order chi connectivity index (χ1) is 13.1. The summed E-state index contributed by atoms with van der Waals surface area (Å²) in [6.07, 6.45) is 1.21. The molecule has 1 heterocycles. The number of hydrogen-bond donors (Lipinski definition) is 1. The van der Waals surface area contributed by atoms with Gasteiger partial charge in [-0.2, -0.15) is 9.78 Å². The normalized spacial score (nSPS) is 10.3. The monoisotopic (exact) mass is 363 g/mol. The van der Waals surface area contributed by atoms with E-state index in [9.17, 15) is 14.4 Å². The molecule has 0 aliphatic heterocycles. The van der Waals surface area contributed by atoms with Crippen molar-refractivity contribution in [2.24, 2.45) is 0 Å². The van der Waals surface area contributed by atoms with Gasteiger partial charge < -0.3 is 10.1 Å². The maximum Gasteiger partial charge on any atom is 0.343 e. The number of nitrogens with one attached hydrogen (secondary N) is 1. The number of hydrogen-bond acceptors (Lipinski definition) is 5. The summed E-state index contributed by atoms with van der Waals surface area (Å²) >= 11 is 0. The van der Waals surface area contributed by atoms with Crippen LogP contribution in [0.1, 0.15) is 38.0 Å². The summed E-state index contributed by atoms with van der Waals surface area (Å²) in [7, 11) is 0. The third-order valence-corrected chi connectivity index (χ3v) is 3.75. The van der Waals surface area contributed by atoms with Gasteiger partial charge in [0.05, 0.1) is 12.8 Å². The largest absolute Gasteiger partial charge is 0.462 e. The van der Waals surface area contributed by atoms with Gasteiger partial charge in [-0.25, -0.2) is 4.79 Å². The van der Waals surface area contributed by atoms with Gasteiger partial charge in [0, 0.05) is 11.1 Å². The third-order valence-electron chi connectivity index (χ3n) is 3.75. The average molecular weight is 363 g/mol. The summed E-state index contributed by atoms with van der Waals surface area (Å²) < 4.78 is 5.99. The Bertz CT molecular complexity index is 965. The number of benzene rings is 2. The average Bonchev–Trinajstić information content (AvgIpc) is 3.12. The predicted octanol–water partition coefficient (Wildman–Crippen LogP) is 3.00. The van der Waals surface area contributed by atoms with Gasteiger partial charge in [-0.3, -0.25) is 9.59 Å². The van der Waals surface area contributed by atoms with Crippen molar-refractivity contribution in [2.45, 2.75) is 6.92 Å². The van der Waals surface area contributed by atoms with Crippen LogP contribution in [0.25, 0.3) is 0 Å². The van der Waals surface area contributed by atoms with Gasteiger partial charge in [-0.15, -0.1) is 0 Å². The van der Waals surface area contributed by atoms with Crippen molar-refractivity contribution in [3.05, 3.63) is 83.6 Å². The first-order valence-corrected chi connectivity index (χ1v) is 8.33. The SMILES string of the molecule is CCOC(=O)c1cnn(C(=O)c2ccccc2)c1NC(=O)c1ccccc1. The molecule has 2 aromatic carbocycles. The van der Waals surface area contributed by atoms with Crippen LogP contribution in [-0.4, -0.2) is 34.2 Å². The molecule has 1 N–H and O–H groups in total. The summed E-state index contributed by atoms with van der Waals surface area (Å²) in [5.74, 6) is -1.65. The number of ether oxygens (including phenoxy) is 1. The lowest BCUT2D eigenvalue weighted by Crippen LogP contribution is -2.22. The Hall–Kier alpha value is -3.74. The third kappa shape index (κ3) is 3.92. The van der Waals surface area contributed by atoms with E-state index in [0.29, 0.717) is 11.1 Å². The second-order valence-corrected chi connectivity index (χ2v) is 5.53. The number of anilines is 1. The topological polar surface area (TPSA) is 90.3 Å². The second-order valence-electron chi connectivity index (χ2n) is 5.53. The zero-order valence-electron chi connectivity index (χ0n) is 14.6. The van der Waals surface area contributed by atoms with Crippen LogP contribution < -0.4 is 5.32 Å². The predicted molar refractivity (Wildman–Crippen MR) is 98.7 cm³/mol. The van der Waals surface area contributed by atoms with Crippen molar-refractivity contribution in [3.63, 3.8) is 0 Å².